The fraction of sp³-hybridized carbons (Fsp3) is 1.00. The summed E-state index contributed by atoms with van der Waals surface area (Å²) in [6.07, 6.45) is 22.1. The number of hydrogen-bond acceptors (Lipinski definition) is 3. The van der Waals surface area contributed by atoms with E-state index in [2.05, 4.69) is 21.0 Å². The Morgan fingerprint density at radius 2 is 0.833 bits per heavy atom. The van der Waals surface area contributed by atoms with Gasteiger partial charge in [0.1, 0.15) is 0 Å². The van der Waals surface area contributed by atoms with Crippen LogP contribution in [0.25, 0.3) is 0 Å². The summed E-state index contributed by atoms with van der Waals surface area (Å²) < 4.78 is 17.7. The molecule has 0 bridgehead atoms. The summed E-state index contributed by atoms with van der Waals surface area (Å²) in [4.78, 5) is 0. The van der Waals surface area contributed by atoms with Crippen LogP contribution in [0, 0.1) is 0 Å². The SMILES string of the molecule is CCCCCCCCCCCCCC[N+](C)(C)CCCCCC[Si](OC)(OC)OC. The van der Waals surface area contributed by atoms with E-state index in [-0.39, 0.29) is 0 Å². The van der Waals surface area contributed by atoms with E-state index in [1.165, 1.54) is 114 Å². The minimum absolute atomic E-state index is 0.924. The van der Waals surface area contributed by atoms with E-state index in [0.717, 1.165) is 12.5 Å². The maximum absolute atomic E-state index is 5.50. The summed E-state index contributed by atoms with van der Waals surface area (Å²) in [6.45, 7) is 4.91. The van der Waals surface area contributed by atoms with Gasteiger partial charge in [-0.1, -0.05) is 77.6 Å². The topological polar surface area (TPSA) is 27.7 Å². The maximum atomic E-state index is 5.50. The molecule has 0 aromatic heterocycles. The standard InChI is InChI=1S/C25H56NO3Si/c1-7-8-9-10-11-12-13-14-15-16-17-20-23-26(2,3)24-21-18-19-22-25-30(27-4,28-5)29-6/h7-25H2,1-6H3/q+1. The van der Waals surface area contributed by atoms with Crippen LogP contribution in [0.2, 0.25) is 6.04 Å². The first-order valence-electron chi connectivity index (χ1n) is 12.9. The average molecular weight is 447 g/mol. The molecule has 0 radical (unpaired) electrons. The summed E-state index contributed by atoms with van der Waals surface area (Å²) in [5.74, 6) is 0. The third-order valence-corrected chi connectivity index (χ3v) is 9.38. The van der Waals surface area contributed by atoms with Crippen LogP contribution in [-0.4, -0.2) is 61.8 Å². The van der Waals surface area contributed by atoms with Gasteiger partial charge < -0.3 is 17.8 Å². The molecular weight excluding hydrogens is 390 g/mol. The molecule has 182 valence electrons. The molecule has 0 fully saturated rings. The largest absolute Gasteiger partial charge is 0.500 e. The van der Waals surface area contributed by atoms with Gasteiger partial charge in [-0.25, -0.2) is 0 Å². The molecule has 0 spiro atoms. The first kappa shape index (κ1) is 30.1. The second kappa shape index (κ2) is 19.7. The van der Waals surface area contributed by atoms with Gasteiger partial charge >= 0.3 is 8.80 Å². The number of nitrogens with zero attached hydrogens (tertiary/aromatic N) is 1. The zero-order valence-corrected chi connectivity index (χ0v) is 22.6. The van der Waals surface area contributed by atoms with Gasteiger partial charge in [-0.3, -0.25) is 0 Å². The Balaban J connectivity index is 3.53. The Kier molecular flexibility index (Phi) is 19.8. The first-order valence-corrected chi connectivity index (χ1v) is 14.9. The second-order valence-electron chi connectivity index (χ2n) is 9.73. The highest BCUT2D eigenvalue weighted by atomic mass is 28.4. The monoisotopic (exact) mass is 446 g/mol. The van der Waals surface area contributed by atoms with Crippen molar-refractivity contribution in [1.82, 2.24) is 0 Å². The van der Waals surface area contributed by atoms with Crippen LogP contribution in [0.5, 0.6) is 0 Å². The lowest BCUT2D eigenvalue weighted by Crippen LogP contribution is -2.42. The van der Waals surface area contributed by atoms with E-state index in [0.29, 0.717) is 0 Å². The minimum Gasteiger partial charge on any atom is -0.377 e. The second-order valence-corrected chi connectivity index (χ2v) is 12.8. The molecule has 0 aromatic rings. The number of rotatable bonds is 23. The van der Waals surface area contributed by atoms with Crippen molar-refractivity contribution >= 4 is 8.80 Å². The van der Waals surface area contributed by atoms with Crippen molar-refractivity contribution in [2.45, 2.75) is 116 Å². The van der Waals surface area contributed by atoms with Gasteiger partial charge in [-0.2, -0.15) is 0 Å². The predicted octanol–water partition coefficient (Wildman–Crippen LogP) is 7.20. The van der Waals surface area contributed by atoms with Crippen molar-refractivity contribution in [1.29, 1.82) is 0 Å². The van der Waals surface area contributed by atoms with Gasteiger partial charge in [0.25, 0.3) is 0 Å². The lowest BCUT2D eigenvalue weighted by atomic mass is 10.1. The van der Waals surface area contributed by atoms with Crippen molar-refractivity contribution in [3.05, 3.63) is 0 Å². The molecule has 0 saturated heterocycles. The molecule has 0 aromatic carbocycles. The van der Waals surface area contributed by atoms with Gasteiger partial charge in [0.15, 0.2) is 0 Å². The zero-order chi connectivity index (χ0) is 22.6. The summed E-state index contributed by atoms with van der Waals surface area (Å²) in [5.41, 5.74) is 0. The van der Waals surface area contributed by atoms with E-state index < -0.39 is 8.80 Å². The van der Waals surface area contributed by atoms with E-state index in [1.54, 1.807) is 21.3 Å². The van der Waals surface area contributed by atoms with Gasteiger partial charge in [0.2, 0.25) is 0 Å². The van der Waals surface area contributed by atoms with Crippen LogP contribution in [0.3, 0.4) is 0 Å². The molecule has 0 saturated carbocycles. The highest BCUT2D eigenvalue weighted by molar-refractivity contribution is 6.60. The Morgan fingerprint density at radius 3 is 1.20 bits per heavy atom. The summed E-state index contributed by atoms with van der Waals surface area (Å²) in [7, 11) is 7.55. The molecule has 5 heteroatoms. The van der Waals surface area contributed by atoms with Crippen molar-refractivity contribution < 1.29 is 17.8 Å². The third kappa shape index (κ3) is 16.7. The molecule has 0 unspecified atom stereocenters. The molecule has 0 atom stereocenters. The fourth-order valence-electron chi connectivity index (χ4n) is 4.28. The summed E-state index contributed by atoms with van der Waals surface area (Å²) in [6, 6.07) is 0.924. The normalized spacial score (nSPS) is 12.6. The number of quaternary nitrogens is 1. The molecule has 0 N–H and O–H groups in total. The zero-order valence-electron chi connectivity index (χ0n) is 21.6. The van der Waals surface area contributed by atoms with Crippen LogP contribution in [-0.2, 0) is 13.3 Å². The quantitative estimate of drug-likeness (QED) is 0.0943. The Hall–Kier alpha value is 0.0569. The van der Waals surface area contributed by atoms with Gasteiger partial charge in [0.05, 0.1) is 27.2 Å². The molecule has 30 heavy (non-hydrogen) atoms. The molecule has 0 heterocycles. The van der Waals surface area contributed by atoms with Gasteiger partial charge in [-0.05, 0) is 32.1 Å². The Morgan fingerprint density at radius 1 is 0.500 bits per heavy atom. The van der Waals surface area contributed by atoms with Crippen LogP contribution in [0.4, 0.5) is 0 Å². The van der Waals surface area contributed by atoms with Crippen LogP contribution < -0.4 is 0 Å². The van der Waals surface area contributed by atoms with Crippen LogP contribution in [0.15, 0.2) is 0 Å². The van der Waals surface area contributed by atoms with Crippen molar-refractivity contribution in [3.63, 3.8) is 0 Å². The highest BCUT2D eigenvalue weighted by Gasteiger charge is 2.36. The van der Waals surface area contributed by atoms with E-state index in [4.69, 9.17) is 13.3 Å². The van der Waals surface area contributed by atoms with Gasteiger partial charge in [0, 0.05) is 27.4 Å². The number of unbranched alkanes of at least 4 members (excludes halogenated alkanes) is 14. The average Bonchev–Trinajstić information content (AvgIpc) is 2.74. The fourth-order valence-corrected chi connectivity index (χ4v) is 6.08. The molecule has 0 aliphatic carbocycles. The Labute approximate surface area is 191 Å². The first-order chi connectivity index (χ1) is 14.4. The Bertz CT molecular complexity index is 354. The lowest BCUT2D eigenvalue weighted by molar-refractivity contribution is -0.890. The highest BCUT2D eigenvalue weighted by Crippen LogP contribution is 2.18. The predicted molar refractivity (Wildman–Crippen MR) is 133 cm³/mol. The van der Waals surface area contributed by atoms with E-state index in [1.807, 2.05) is 0 Å². The molecule has 0 aliphatic rings. The van der Waals surface area contributed by atoms with Crippen molar-refractivity contribution in [2.24, 2.45) is 0 Å². The number of hydrogen-bond donors (Lipinski definition) is 0. The summed E-state index contributed by atoms with van der Waals surface area (Å²) in [5, 5.41) is 0. The molecule has 4 nitrogen and oxygen atoms in total. The lowest BCUT2D eigenvalue weighted by Gasteiger charge is -2.30. The van der Waals surface area contributed by atoms with Gasteiger partial charge in [-0.15, -0.1) is 0 Å². The molecule has 0 aliphatic heterocycles. The summed E-state index contributed by atoms with van der Waals surface area (Å²) >= 11 is 0. The molecule has 0 rings (SSSR count). The van der Waals surface area contributed by atoms with Crippen molar-refractivity contribution in [2.75, 3.05) is 48.5 Å². The third-order valence-electron chi connectivity index (χ3n) is 6.55. The molecular formula is C25H56NO3Si+. The van der Waals surface area contributed by atoms with Crippen LogP contribution in [0.1, 0.15) is 110 Å². The smallest absolute Gasteiger partial charge is 0.377 e. The minimum atomic E-state index is -2.36. The maximum Gasteiger partial charge on any atom is 0.500 e. The van der Waals surface area contributed by atoms with Crippen LogP contribution >= 0.6 is 0 Å². The van der Waals surface area contributed by atoms with Crippen molar-refractivity contribution in [3.8, 4) is 0 Å². The molecule has 0 amide bonds. The van der Waals surface area contributed by atoms with E-state index >= 15 is 0 Å². The van der Waals surface area contributed by atoms with E-state index in [9.17, 15) is 0 Å².